The van der Waals surface area contributed by atoms with Gasteiger partial charge in [-0.2, -0.15) is 0 Å². The lowest BCUT2D eigenvalue weighted by Crippen LogP contribution is -2.54. The van der Waals surface area contributed by atoms with Gasteiger partial charge in [-0.1, -0.05) is 6.07 Å². The summed E-state index contributed by atoms with van der Waals surface area (Å²) in [6.45, 7) is 5.18. The highest BCUT2D eigenvalue weighted by Crippen LogP contribution is 2.33. The third-order valence-corrected chi connectivity index (χ3v) is 8.61. The van der Waals surface area contributed by atoms with E-state index >= 15 is 0 Å². The van der Waals surface area contributed by atoms with Crippen molar-refractivity contribution in [1.29, 1.82) is 0 Å². The Labute approximate surface area is 222 Å². The first-order valence-electron chi connectivity index (χ1n) is 13.7. The van der Waals surface area contributed by atoms with Crippen LogP contribution in [0.3, 0.4) is 0 Å². The van der Waals surface area contributed by atoms with E-state index in [4.69, 9.17) is 0 Å². The van der Waals surface area contributed by atoms with Gasteiger partial charge in [0.05, 0.1) is 11.1 Å². The molecule has 5 heterocycles. The molecule has 0 aliphatic carbocycles. The van der Waals surface area contributed by atoms with Crippen molar-refractivity contribution in [3.8, 4) is 0 Å². The Morgan fingerprint density at radius 3 is 2.32 bits per heavy atom. The van der Waals surface area contributed by atoms with E-state index in [1.165, 1.54) is 5.69 Å². The fourth-order valence-electron chi connectivity index (χ4n) is 6.42. The van der Waals surface area contributed by atoms with Gasteiger partial charge in [0.2, 0.25) is 11.8 Å². The number of likely N-dealkylation sites (tertiary alicyclic amines) is 1. The average Bonchev–Trinajstić information content (AvgIpc) is 3.19. The number of carbonyl (C=O) groups is 4. The molecule has 0 bridgehead atoms. The van der Waals surface area contributed by atoms with Gasteiger partial charge in [0, 0.05) is 49.6 Å². The predicted molar refractivity (Wildman–Crippen MR) is 141 cm³/mol. The summed E-state index contributed by atoms with van der Waals surface area (Å²) >= 11 is 0. The first-order chi connectivity index (χ1) is 18.5. The predicted octanol–water partition coefficient (Wildman–Crippen LogP) is 2.58. The molecule has 1 aromatic carbocycles. The Morgan fingerprint density at radius 1 is 0.842 bits per heavy atom. The number of rotatable bonds is 5. The van der Waals surface area contributed by atoms with E-state index in [2.05, 4.69) is 32.2 Å². The van der Waals surface area contributed by atoms with Crippen LogP contribution in [0, 0.1) is 5.92 Å². The van der Waals surface area contributed by atoms with Crippen molar-refractivity contribution in [3.63, 3.8) is 0 Å². The van der Waals surface area contributed by atoms with E-state index in [-0.39, 0.29) is 18.7 Å². The Balaban J connectivity index is 1.04. The van der Waals surface area contributed by atoms with E-state index in [1.54, 1.807) is 12.1 Å². The topological polar surface area (TPSA) is 103 Å². The number of amides is 4. The van der Waals surface area contributed by atoms with Crippen LogP contribution in [-0.4, -0.2) is 77.2 Å². The number of nitrogens with zero attached hydrogens (tertiary/aromatic N) is 4. The maximum absolute atomic E-state index is 13.2. The van der Waals surface area contributed by atoms with Crippen molar-refractivity contribution < 1.29 is 19.2 Å². The molecule has 3 fully saturated rings. The molecule has 198 valence electrons. The Hall–Kier alpha value is -3.59. The minimum absolute atomic E-state index is 0.117. The first kappa shape index (κ1) is 24.7. The lowest BCUT2D eigenvalue weighted by Gasteiger charge is -2.38. The van der Waals surface area contributed by atoms with Crippen molar-refractivity contribution in [2.75, 3.05) is 37.6 Å². The van der Waals surface area contributed by atoms with Crippen LogP contribution in [-0.2, 0) is 9.59 Å². The lowest BCUT2D eigenvalue weighted by molar-refractivity contribution is -0.136. The van der Waals surface area contributed by atoms with Crippen LogP contribution >= 0.6 is 0 Å². The summed E-state index contributed by atoms with van der Waals surface area (Å²) in [7, 11) is 0. The second-order valence-corrected chi connectivity index (χ2v) is 10.9. The number of nitrogens with one attached hydrogen (secondary N) is 1. The van der Waals surface area contributed by atoms with Crippen molar-refractivity contribution in [1.82, 2.24) is 20.1 Å². The minimum Gasteiger partial charge on any atom is -0.371 e. The molecule has 4 amide bonds. The van der Waals surface area contributed by atoms with Gasteiger partial charge in [0.1, 0.15) is 6.04 Å². The highest BCUT2D eigenvalue weighted by atomic mass is 16.2. The van der Waals surface area contributed by atoms with E-state index in [9.17, 15) is 19.2 Å². The van der Waals surface area contributed by atoms with Gasteiger partial charge in [-0.15, -0.1) is 0 Å². The van der Waals surface area contributed by atoms with Crippen molar-refractivity contribution >= 4 is 29.3 Å². The maximum atomic E-state index is 13.2. The van der Waals surface area contributed by atoms with Crippen LogP contribution in [0.4, 0.5) is 5.69 Å². The third kappa shape index (κ3) is 4.71. The summed E-state index contributed by atoms with van der Waals surface area (Å²) < 4.78 is 0. The van der Waals surface area contributed by atoms with Crippen LogP contribution < -0.4 is 10.2 Å². The van der Waals surface area contributed by atoms with Crippen LogP contribution in [0.2, 0.25) is 0 Å². The summed E-state index contributed by atoms with van der Waals surface area (Å²) in [6, 6.07) is 10.7. The van der Waals surface area contributed by atoms with Gasteiger partial charge in [-0.3, -0.25) is 34.4 Å². The average molecular weight is 516 g/mol. The third-order valence-electron chi connectivity index (χ3n) is 8.61. The minimum atomic E-state index is -0.937. The molecule has 1 atom stereocenters. The molecule has 1 N–H and O–H groups in total. The number of fused-ring (bicyclic) bond motifs is 1. The lowest BCUT2D eigenvalue weighted by atomic mass is 9.90. The summed E-state index contributed by atoms with van der Waals surface area (Å²) in [5, 5.41) is 2.24. The highest BCUT2D eigenvalue weighted by molar-refractivity contribution is 6.23. The molecule has 38 heavy (non-hydrogen) atoms. The number of pyridine rings is 1. The molecule has 4 aliphatic heterocycles. The fraction of sp³-hybridized carbons (Fsp3) is 0.483. The van der Waals surface area contributed by atoms with Gasteiger partial charge in [0.15, 0.2) is 0 Å². The van der Waals surface area contributed by atoms with E-state index in [0.29, 0.717) is 23.0 Å². The first-order valence-corrected chi connectivity index (χ1v) is 13.7. The zero-order chi connectivity index (χ0) is 26.2. The van der Waals surface area contributed by atoms with E-state index in [1.807, 2.05) is 18.3 Å². The van der Waals surface area contributed by atoms with Crippen LogP contribution in [0.25, 0.3) is 0 Å². The fourth-order valence-corrected chi connectivity index (χ4v) is 6.42. The SMILES string of the molecule is O=C1CCC(N2C(=O)c3ccc(N4CCC(CN5CCC(c6ccccn6)CC5)CC4)cc3C2=O)C(=O)N1. The Morgan fingerprint density at radius 2 is 1.61 bits per heavy atom. The molecule has 0 spiro atoms. The van der Waals surface area contributed by atoms with E-state index < -0.39 is 23.8 Å². The molecule has 4 aliphatic rings. The molecule has 3 saturated heterocycles. The molecule has 0 radical (unpaired) electrons. The quantitative estimate of drug-likeness (QED) is 0.611. The van der Waals surface area contributed by atoms with Crippen molar-refractivity contribution in [2.24, 2.45) is 5.92 Å². The molecule has 9 heteroatoms. The highest BCUT2D eigenvalue weighted by Gasteiger charge is 2.44. The largest absolute Gasteiger partial charge is 0.371 e. The molecular weight excluding hydrogens is 482 g/mol. The number of imide groups is 2. The number of piperidine rings is 3. The van der Waals surface area contributed by atoms with Gasteiger partial charge < -0.3 is 9.80 Å². The molecule has 9 nitrogen and oxygen atoms in total. The Bertz CT molecular complexity index is 1250. The van der Waals surface area contributed by atoms with Crippen molar-refractivity contribution in [3.05, 3.63) is 59.4 Å². The summed E-state index contributed by atoms with van der Waals surface area (Å²) in [6.07, 6.45) is 6.67. The molecule has 1 aromatic heterocycles. The van der Waals surface area contributed by atoms with E-state index in [0.717, 1.165) is 69.0 Å². The number of carbonyl (C=O) groups excluding carboxylic acids is 4. The maximum Gasteiger partial charge on any atom is 0.262 e. The molecular formula is C29H33N5O4. The summed E-state index contributed by atoms with van der Waals surface area (Å²) in [5.41, 5.74) is 2.82. The molecule has 1 unspecified atom stereocenters. The second kappa shape index (κ2) is 10.3. The van der Waals surface area contributed by atoms with Crippen molar-refractivity contribution in [2.45, 2.75) is 50.5 Å². The van der Waals surface area contributed by atoms with Gasteiger partial charge in [-0.05, 0) is 81.4 Å². The standard InChI is InChI=1S/C29H33N5O4/c35-26-7-6-25(27(36)31-26)34-28(37)22-5-4-21(17-23(22)29(34)38)33-15-8-19(9-16-33)18-32-13-10-20(11-14-32)24-3-1-2-12-30-24/h1-5,12,17,19-20,25H,6-11,13-16,18H2,(H,31,35,36). The van der Waals surface area contributed by atoms with Gasteiger partial charge in [-0.25, -0.2) is 0 Å². The summed E-state index contributed by atoms with van der Waals surface area (Å²) in [4.78, 5) is 60.4. The zero-order valence-electron chi connectivity index (χ0n) is 21.5. The number of hydrogen-bond acceptors (Lipinski definition) is 7. The molecule has 2 aromatic rings. The Kier molecular flexibility index (Phi) is 6.69. The normalized spacial score (nSPS) is 23.6. The monoisotopic (exact) mass is 515 g/mol. The van der Waals surface area contributed by atoms with Crippen LogP contribution in [0.1, 0.15) is 70.9 Å². The number of hydrogen-bond donors (Lipinski definition) is 1. The van der Waals surface area contributed by atoms with Gasteiger partial charge in [0.25, 0.3) is 11.8 Å². The van der Waals surface area contributed by atoms with Crippen LogP contribution in [0.15, 0.2) is 42.6 Å². The zero-order valence-corrected chi connectivity index (χ0v) is 21.5. The molecule has 0 saturated carbocycles. The van der Waals surface area contributed by atoms with Crippen LogP contribution in [0.5, 0.6) is 0 Å². The molecule has 6 rings (SSSR count). The number of aromatic nitrogens is 1. The van der Waals surface area contributed by atoms with Gasteiger partial charge >= 0.3 is 0 Å². The summed E-state index contributed by atoms with van der Waals surface area (Å²) in [5.74, 6) is -0.656. The number of anilines is 1. The smallest absolute Gasteiger partial charge is 0.262 e. The second-order valence-electron chi connectivity index (χ2n) is 10.9. The number of benzene rings is 1.